The van der Waals surface area contributed by atoms with Crippen LogP contribution in [-0.4, -0.2) is 17.0 Å². The fourth-order valence-corrected chi connectivity index (χ4v) is 2.91. The molecular weight excluding hydrogens is 397 g/mol. The van der Waals surface area contributed by atoms with Gasteiger partial charge in [-0.05, 0) is 47.0 Å². The van der Waals surface area contributed by atoms with E-state index in [1.165, 1.54) is 12.1 Å². The number of amides is 1. The fourth-order valence-electron chi connectivity index (χ4n) is 2.61. The van der Waals surface area contributed by atoms with Crippen LogP contribution < -0.4 is 5.32 Å². The van der Waals surface area contributed by atoms with Crippen molar-refractivity contribution < 1.29 is 14.7 Å². The summed E-state index contributed by atoms with van der Waals surface area (Å²) in [7, 11) is 0. The molecule has 6 heteroatoms. The van der Waals surface area contributed by atoms with Crippen molar-refractivity contribution in [2.45, 2.75) is 0 Å². The zero-order valence-corrected chi connectivity index (χ0v) is 16.0. The number of rotatable bonds is 5. The second-order valence-electron chi connectivity index (χ2n) is 5.93. The number of nitrogens with one attached hydrogen (secondary N) is 1. The van der Waals surface area contributed by atoms with Crippen LogP contribution in [0.3, 0.4) is 0 Å². The largest absolute Gasteiger partial charge is 0.478 e. The number of hydrogen-bond donors (Lipinski definition) is 2. The van der Waals surface area contributed by atoms with Gasteiger partial charge in [-0.15, -0.1) is 0 Å². The number of carbonyl (C=O) groups is 2. The summed E-state index contributed by atoms with van der Waals surface area (Å²) in [4.78, 5) is 23.8. The molecule has 1 amide bonds. The van der Waals surface area contributed by atoms with E-state index >= 15 is 0 Å². The molecule has 3 rings (SSSR count). The van der Waals surface area contributed by atoms with Gasteiger partial charge in [0.05, 0.1) is 21.3 Å². The topological polar surface area (TPSA) is 66.4 Å². The minimum Gasteiger partial charge on any atom is -0.478 e. The van der Waals surface area contributed by atoms with Gasteiger partial charge in [0, 0.05) is 6.08 Å². The van der Waals surface area contributed by atoms with Gasteiger partial charge in [0.25, 0.3) is 0 Å². The van der Waals surface area contributed by atoms with Gasteiger partial charge in [-0.25, -0.2) is 4.79 Å². The van der Waals surface area contributed by atoms with Crippen LogP contribution in [0.4, 0.5) is 5.69 Å². The number of carboxylic acids is 1. The molecule has 0 aliphatic carbocycles. The molecule has 0 aliphatic heterocycles. The van der Waals surface area contributed by atoms with Gasteiger partial charge in [-0.2, -0.15) is 0 Å². The standard InChI is InChI=1S/C22H15Cl2NO3/c23-18-10-6-14(12-19(18)24)7-11-21(26)25-20-13-16(8-9-17(20)22(27)28)15-4-2-1-3-5-15/h1-13H,(H,25,26)(H,27,28). The fraction of sp³-hybridized carbons (Fsp3) is 0. The Morgan fingerprint density at radius 3 is 2.29 bits per heavy atom. The third-order valence-corrected chi connectivity index (χ3v) is 4.72. The molecule has 0 spiro atoms. The van der Waals surface area contributed by atoms with E-state index in [9.17, 15) is 14.7 Å². The van der Waals surface area contributed by atoms with Crippen LogP contribution in [-0.2, 0) is 4.79 Å². The second kappa shape index (κ2) is 8.74. The zero-order valence-electron chi connectivity index (χ0n) is 14.5. The molecule has 0 aromatic heterocycles. The van der Waals surface area contributed by atoms with E-state index in [-0.39, 0.29) is 11.3 Å². The van der Waals surface area contributed by atoms with E-state index < -0.39 is 11.9 Å². The van der Waals surface area contributed by atoms with Crippen LogP contribution in [0.2, 0.25) is 10.0 Å². The van der Waals surface area contributed by atoms with Crippen LogP contribution in [0.25, 0.3) is 17.2 Å². The third kappa shape index (κ3) is 4.80. The Morgan fingerprint density at radius 2 is 1.61 bits per heavy atom. The Balaban J connectivity index is 1.85. The lowest BCUT2D eigenvalue weighted by Crippen LogP contribution is -2.12. The van der Waals surface area contributed by atoms with Crippen molar-refractivity contribution >= 4 is 46.8 Å². The number of anilines is 1. The average Bonchev–Trinajstić information content (AvgIpc) is 2.69. The van der Waals surface area contributed by atoms with Crippen molar-refractivity contribution in [3.05, 3.63) is 94.0 Å². The first-order chi connectivity index (χ1) is 13.4. The van der Waals surface area contributed by atoms with Crippen LogP contribution in [0, 0.1) is 0 Å². The maximum atomic E-state index is 12.3. The Morgan fingerprint density at radius 1 is 0.857 bits per heavy atom. The molecule has 0 fully saturated rings. The molecule has 0 atom stereocenters. The molecule has 28 heavy (non-hydrogen) atoms. The van der Waals surface area contributed by atoms with Gasteiger partial charge in [0.2, 0.25) is 5.91 Å². The van der Waals surface area contributed by atoms with Crippen molar-refractivity contribution in [1.82, 2.24) is 0 Å². The van der Waals surface area contributed by atoms with Crippen molar-refractivity contribution in [2.24, 2.45) is 0 Å². The van der Waals surface area contributed by atoms with Crippen LogP contribution in [0.15, 0.2) is 72.8 Å². The van der Waals surface area contributed by atoms with E-state index in [0.29, 0.717) is 15.6 Å². The molecule has 0 radical (unpaired) electrons. The van der Waals surface area contributed by atoms with Crippen LogP contribution >= 0.6 is 23.2 Å². The SMILES string of the molecule is O=C(C=Cc1ccc(Cl)c(Cl)c1)Nc1cc(-c2ccccc2)ccc1C(=O)O. The highest BCUT2D eigenvalue weighted by molar-refractivity contribution is 6.42. The molecule has 0 aliphatic rings. The molecule has 0 bridgehead atoms. The highest BCUT2D eigenvalue weighted by Crippen LogP contribution is 2.26. The quantitative estimate of drug-likeness (QED) is 0.505. The first kappa shape index (κ1) is 19.7. The van der Waals surface area contributed by atoms with Gasteiger partial charge in [0.1, 0.15) is 0 Å². The first-order valence-corrected chi connectivity index (χ1v) is 9.06. The lowest BCUT2D eigenvalue weighted by Gasteiger charge is -2.10. The van der Waals surface area contributed by atoms with Crippen molar-refractivity contribution in [1.29, 1.82) is 0 Å². The molecule has 3 aromatic carbocycles. The lowest BCUT2D eigenvalue weighted by molar-refractivity contribution is -0.111. The summed E-state index contributed by atoms with van der Waals surface area (Å²) in [6, 6.07) is 19.3. The summed E-state index contributed by atoms with van der Waals surface area (Å²) in [5, 5.41) is 12.8. The normalized spacial score (nSPS) is 10.8. The Labute approximate surface area is 172 Å². The second-order valence-corrected chi connectivity index (χ2v) is 6.74. The van der Waals surface area contributed by atoms with E-state index in [0.717, 1.165) is 11.1 Å². The maximum absolute atomic E-state index is 12.3. The predicted molar refractivity (Wildman–Crippen MR) is 113 cm³/mol. The lowest BCUT2D eigenvalue weighted by atomic mass is 10.0. The smallest absolute Gasteiger partial charge is 0.337 e. The zero-order chi connectivity index (χ0) is 20.1. The van der Waals surface area contributed by atoms with Gasteiger partial charge >= 0.3 is 5.97 Å². The number of aromatic carboxylic acids is 1. The summed E-state index contributed by atoms with van der Waals surface area (Å²) in [5.74, 6) is -1.58. The molecule has 0 saturated heterocycles. The molecule has 3 aromatic rings. The van der Waals surface area contributed by atoms with E-state index in [1.54, 1.807) is 36.4 Å². The van der Waals surface area contributed by atoms with Crippen molar-refractivity contribution in [2.75, 3.05) is 5.32 Å². The predicted octanol–water partition coefficient (Wildman–Crippen LogP) is 6.01. The molecule has 4 nitrogen and oxygen atoms in total. The third-order valence-electron chi connectivity index (χ3n) is 3.99. The highest BCUT2D eigenvalue weighted by Gasteiger charge is 2.13. The van der Waals surface area contributed by atoms with E-state index in [2.05, 4.69) is 5.32 Å². The summed E-state index contributed by atoms with van der Waals surface area (Å²) in [6.45, 7) is 0. The molecule has 0 saturated carbocycles. The van der Waals surface area contributed by atoms with Gasteiger partial charge in [-0.1, -0.05) is 65.7 Å². The Kier molecular flexibility index (Phi) is 6.14. The molecular formula is C22H15Cl2NO3. The average molecular weight is 412 g/mol. The van der Waals surface area contributed by atoms with Gasteiger partial charge in [0.15, 0.2) is 0 Å². The molecule has 0 unspecified atom stereocenters. The summed E-state index contributed by atoms with van der Waals surface area (Å²) in [6.07, 6.45) is 2.87. The first-order valence-electron chi connectivity index (χ1n) is 8.31. The number of carbonyl (C=O) groups excluding carboxylic acids is 1. The van der Waals surface area contributed by atoms with Crippen molar-refractivity contribution in [3.8, 4) is 11.1 Å². The summed E-state index contributed by atoms with van der Waals surface area (Å²) < 4.78 is 0. The highest BCUT2D eigenvalue weighted by atomic mass is 35.5. The Bertz CT molecular complexity index is 1060. The monoisotopic (exact) mass is 411 g/mol. The van der Waals surface area contributed by atoms with Gasteiger partial charge < -0.3 is 10.4 Å². The Hall–Kier alpha value is -3.08. The summed E-state index contributed by atoms with van der Waals surface area (Å²) >= 11 is 11.8. The molecule has 2 N–H and O–H groups in total. The van der Waals surface area contributed by atoms with Crippen LogP contribution in [0.1, 0.15) is 15.9 Å². The number of halogens is 2. The van der Waals surface area contributed by atoms with Crippen LogP contribution in [0.5, 0.6) is 0 Å². The van der Waals surface area contributed by atoms with E-state index in [1.807, 2.05) is 30.3 Å². The molecule has 140 valence electrons. The van der Waals surface area contributed by atoms with E-state index in [4.69, 9.17) is 23.2 Å². The number of carboxylic acid groups (broad SMARTS) is 1. The minimum atomic E-state index is -1.12. The van der Waals surface area contributed by atoms with Gasteiger partial charge in [-0.3, -0.25) is 4.79 Å². The number of hydrogen-bond acceptors (Lipinski definition) is 2. The minimum absolute atomic E-state index is 0.0102. The maximum Gasteiger partial charge on any atom is 0.337 e. The number of benzene rings is 3. The summed E-state index contributed by atoms with van der Waals surface area (Å²) in [5.41, 5.74) is 2.64. The van der Waals surface area contributed by atoms with Crippen molar-refractivity contribution in [3.63, 3.8) is 0 Å². The molecule has 0 heterocycles.